The minimum Gasteiger partial charge on any atom is -0.393 e. The van der Waals surface area contributed by atoms with Gasteiger partial charge in [0.2, 0.25) is 0 Å². The molecule has 0 aromatic rings. The van der Waals surface area contributed by atoms with Crippen molar-refractivity contribution in [2.45, 2.75) is 59.5 Å². The first-order valence-corrected chi connectivity index (χ1v) is 5.73. The maximum atomic E-state index is 11.3. The normalized spacial score (nSPS) is 17.5. The molecule has 0 saturated heterocycles. The lowest BCUT2D eigenvalue weighted by Crippen LogP contribution is -2.22. The molecule has 0 rings (SSSR count). The fraction of sp³-hybridized carbons (Fsp3) is 0.917. The van der Waals surface area contributed by atoms with Gasteiger partial charge < -0.3 is 5.11 Å². The molecular formula is C12H24O2. The SMILES string of the molecule is CCCC(O)C(C)CC(C)C(=O)CC. The second kappa shape index (κ2) is 6.99. The highest BCUT2D eigenvalue weighted by atomic mass is 16.3. The highest BCUT2D eigenvalue weighted by Gasteiger charge is 2.19. The molecule has 2 heteroatoms. The topological polar surface area (TPSA) is 37.3 Å². The molecule has 3 atom stereocenters. The van der Waals surface area contributed by atoms with Crippen LogP contribution < -0.4 is 0 Å². The molecule has 3 unspecified atom stereocenters. The lowest BCUT2D eigenvalue weighted by molar-refractivity contribution is -0.122. The smallest absolute Gasteiger partial charge is 0.135 e. The van der Waals surface area contributed by atoms with Gasteiger partial charge in [0, 0.05) is 12.3 Å². The molecule has 1 N–H and O–H groups in total. The molecule has 0 amide bonds. The van der Waals surface area contributed by atoms with Crippen LogP contribution >= 0.6 is 0 Å². The third-order valence-corrected chi connectivity index (χ3v) is 2.86. The summed E-state index contributed by atoms with van der Waals surface area (Å²) in [6.07, 6.45) is 3.02. The van der Waals surface area contributed by atoms with Crippen molar-refractivity contribution < 1.29 is 9.90 Å². The molecule has 0 aliphatic heterocycles. The fourth-order valence-corrected chi connectivity index (χ4v) is 1.77. The van der Waals surface area contributed by atoms with E-state index in [0.29, 0.717) is 12.2 Å². The lowest BCUT2D eigenvalue weighted by Gasteiger charge is -2.21. The van der Waals surface area contributed by atoms with Crippen LogP contribution in [0.4, 0.5) is 0 Å². The van der Waals surface area contributed by atoms with Gasteiger partial charge in [-0.2, -0.15) is 0 Å². The van der Waals surface area contributed by atoms with Crippen molar-refractivity contribution in [2.24, 2.45) is 11.8 Å². The number of ketones is 1. The van der Waals surface area contributed by atoms with E-state index in [9.17, 15) is 9.90 Å². The van der Waals surface area contributed by atoms with Crippen molar-refractivity contribution in [3.8, 4) is 0 Å². The summed E-state index contributed by atoms with van der Waals surface area (Å²) in [7, 11) is 0. The van der Waals surface area contributed by atoms with Crippen molar-refractivity contribution in [1.29, 1.82) is 0 Å². The quantitative estimate of drug-likeness (QED) is 0.686. The van der Waals surface area contributed by atoms with Crippen LogP contribution in [0.15, 0.2) is 0 Å². The molecule has 0 aliphatic carbocycles. The van der Waals surface area contributed by atoms with Gasteiger partial charge in [0.15, 0.2) is 0 Å². The van der Waals surface area contributed by atoms with Gasteiger partial charge in [-0.25, -0.2) is 0 Å². The minimum absolute atomic E-state index is 0.0986. The third-order valence-electron chi connectivity index (χ3n) is 2.86. The molecule has 0 bridgehead atoms. The first-order chi connectivity index (χ1) is 6.52. The van der Waals surface area contributed by atoms with E-state index in [-0.39, 0.29) is 17.9 Å². The molecule has 0 aliphatic rings. The van der Waals surface area contributed by atoms with E-state index in [4.69, 9.17) is 0 Å². The zero-order valence-electron chi connectivity index (χ0n) is 9.92. The fourth-order valence-electron chi connectivity index (χ4n) is 1.77. The molecule has 84 valence electrons. The van der Waals surface area contributed by atoms with Crippen LogP contribution in [-0.4, -0.2) is 17.0 Å². The highest BCUT2D eigenvalue weighted by Crippen LogP contribution is 2.19. The Kier molecular flexibility index (Phi) is 6.81. The van der Waals surface area contributed by atoms with E-state index in [1.54, 1.807) is 0 Å². The molecule has 0 radical (unpaired) electrons. The summed E-state index contributed by atoms with van der Waals surface area (Å²) in [5.41, 5.74) is 0. The summed E-state index contributed by atoms with van der Waals surface area (Å²) in [6, 6.07) is 0. The van der Waals surface area contributed by atoms with Gasteiger partial charge in [-0.3, -0.25) is 4.79 Å². The maximum absolute atomic E-state index is 11.3. The molecule has 2 nitrogen and oxygen atoms in total. The predicted octanol–water partition coefficient (Wildman–Crippen LogP) is 2.79. The molecule has 0 fully saturated rings. The van der Waals surface area contributed by atoms with Gasteiger partial charge in [0.1, 0.15) is 5.78 Å². The van der Waals surface area contributed by atoms with Gasteiger partial charge >= 0.3 is 0 Å². The van der Waals surface area contributed by atoms with Crippen LogP contribution in [-0.2, 0) is 4.79 Å². The Morgan fingerprint density at radius 2 is 1.86 bits per heavy atom. The zero-order chi connectivity index (χ0) is 11.1. The van der Waals surface area contributed by atoms with E-state index in [0.717, 1.165) is 19.3 Å². The molecule has 0 heterocycles. The number of carbonyl (C=O) groups is 1. The van der Waals surface area contributed by atoms with E-state index in [2.05, 4.69) is 6.92 Å². The summed E-state index contributed by atoms with van der Waals surface area (Å²) in [5.74, 6) is 0.641. The summed E-state index contributed by atoms with van der Waals surface area (Å²) in [4.78, 5) is 11.3. The van der Waals surface area contributed by atoms with E-state index in [1.807, 2.05) is 20.8 Å². The first-order valence-electron chi connectivity index (χ1n) is 5.73. The van der Waals surface area contributed by atoms with Crippen molar-refractivity contribution in [3.05, 3.63) is 0 Å². The second-order valence-corrected chi connectivity index (χ2v) is 4.29. The van der Waals surface area contributed by atoms with Crippen LogP contribution in [0.5, 0.6) is 0 Å². The Bertz CT molecular complexity index is 166. The third kappa shape index (κ3) is 4.75. The van der Waals surface area contributed by atoms with Crippen LogP contribution in [0, 0.1) is 11.8 Å². The number of Topliss-reactive ketones (excluding diaryl/α,β-unsaturated/α-hetero) is 1. The number of hydrogen-bond donors (Lipinski definition) is 1. The molecular weight excluding hydrogens is 176 g/mol. The van der Waals surface area contributed by atoms with Gasteiger partial charge in [-0.15, -0.1) is 0 Å². The van der Waals surface area contributed by atoms with Crippen LogP contribution in [0.25, 0.3) is 0 Å². The summed E-state index contributed by atoms with van der Waals surface area (Å²) in [6.45, 7) is 7.95. The highest BCUT2D eigenvalue weighted by molar-refractivity contribution is 5.80. The van der Waals surface area contributed by atoms with Crippen LogP contribution in [0.3, 0.4) is 0 Å². The average molecular weight is 200 g/mol. The van der Waals surface area contributed by atoms with Gasteiger partial charge in [-0.1, -0.05) is 34.1 Å². The first kappa shape index (κ1) is 13.6. The Morgan fingerprint density at radius 1 is 1.29 bits per heavy atom. The largest absolute Gasteiger partial charge is 0.393 e. The minimum atomic E-state index is -0.243. The Balaban J connectivity index is 3.91. The molecule has 0 saturated carbocycles. The number of hydrogen-bond acceptors (Lipinski definition) is 2. The van der Waals surface area contributed by atoms with Crippen molar-refractivity contribution in [3.63, 3.8) is 0 Å². The number of carbonyl (C=O) groups excluding carboxylic acids is 1. The van der Waals surface area contributed by atoms with Gasteiger partial charge in [0.25, 0.3) is 0 Å². The van der Waals surface area contributed by atoms with Gasteiger partial charge in [-0.05, 0) is 18.8 Å². The number of aliphatic hydroxyl groups is 1. The zero-order valence-corrected chi connectivity index (χ0v) is 9.92. The van der Waals surface area contributed by atoms with Crippen molar-refractivity contribution in [2.75, 3.05) is 0 Å². The molecule has 0 spiro atoms. The lowest BCUT2D eigenvalue weighted by atomic mass is 9.88. The average Bonchev–Trinajstić information content (AvgIpc) is 2.16. The second-order valence-electron chi connectivity index (χ2n) is 4.29. The Morgan fingerprint density at radius 3 is 2.29 bits per heavy atom. The standard InChI is InChI=1S/C12H24O2/c1-5-7-12(14)10(4)8-9(3)11(13)6-2/h9-10,12,14H,5-8H2,1-4H3. The van der Waals surface area contributed by atoms with E-state index < -0.39 is 0 Å². The number of rotatable bonds is 7. The molecule has 0 aromatic heterocycles. The van der Waals surface area contributed by atoms with E-state index in [1.165, 1.54) is 0 Å². The van der Waals surface area contributed by atoms with Gasteiger partial charge in [0.05, 0.1) is 6.10 Å². The monoisotopic (exact) mass is 200 g/mol. The Labute approximate surface area is 87.7 Å². The maximum Gasteiger partial charge on any atom is 0.135 e. The van der Waals surface area contributed by atoms with Crippen LogP contribution in [0.2, 0.25) is 0 Å². The molecule has 14 heavy (non-hydrogen) atoms. The van der Waals surface area contributed by atoms with E-state index >= 15 is 0 Å². The molecule has 0 aromatic carbocycles. The predicted molar refractivity (Wildman–Crippen MR) is 59.2 cm³/mol. The van der Waals surface area contributed by atoms with Crippen molar-refractivity contribution >= 4 is 5.78 Å². The van der Waals surface area contributed by atoms with Crippen molar-refractivity contribution in [1.82, 2.24) is 0 Å². The Hall–Kier alpha value is -0.370. The summed E-state index contributed by atoms with van der Waals surface area (Å²) >= 11 is 0. The summed E-state index contributed by atoms with van der Waals surface area (Å²) in [5, 5.41) is 9.71. The number of aliphatic hydroxyl groups excluding tert-OH is 1. The summed E-state index contributed by atoms with van der Waals surface area (Å²) < 4.78 is 0. The van der Waals surface area contributed by atoms with Crippen LogP contribution in [0.1, 0.15) is 53.4 Å².